The molecule has 0 aromatic carbocycles. The molecule has 1 aliphatic carbocycles. The zero-order valence-electron chi connectivity index (χ0n) is 10.5. The van der Waals surface area contributed by atoms with E-state index in [1.165, 1.54) is 12.8 Å². The Kier molecular flexibility index (Phi) is 4.26. The first-order valence-electron chi connectivity index (χ1n) is 6.35. The molecule has 0 radical (unpaired) electrons. The van der Waals surface area contributed by atoms with Crippen molar-refractivity contribution in [3.63, 3.8) is 0 Å². The van der Waals surface area contributed by atoms with E-state index in [9.17, 15) is 0 Å². The molecule has 0 atom stereocenters. The molecule has 96 valence electrons. The van der Waals surface area contributed by atoms with E-state index < -0.39 is 0 Å². The largest absolute Gasteiger partial charge is 0.408 e. The SMILES string of the molecule is CC(C)CCN(c1nnc(CCCl)o1)C1CC1. The van der Waals surface area contributed by atoms with Gasteiger partial charge in [0.25, 0.3) is 0 Å². The molecule has 2 rings (SSSR count). The molecular formula is C12H20ClN3O. The normalized spacial score (nSPS) is 15.5. The first-order chi connectivity index (χ1) is 8.20. The topological polar surface area (TPSA) is 42.2 Å². The molecule has 5 heteroatoms. The summed E-state index contributed by atoms with van der Waals surface area (Å²) in [6, 6.07) is 1.28. The summed E-state index contributed by atoms with van der Waals surface area (Å²) in [6.07, 6.45) is 4.29. The number of anilines is 1. The van der Waals surface area contributed by atoms with E-state index in [4.69, 9.17) is 16.0 Å². The maximum Gasteiger partial charge on any atom is 0.318 e. The zero-order chi connectivity index (χ0) is 12.3. The summed E-state index contributed by atoms with van der Waals surface area (Å²) < 4.78 is 5.64. The van der Waals surface area contributed by atoms with Gasteiger partial charge >= 0.3 is 6.01 Å². The third-order valence-electron chi connectivity index (χ3n) is 2.95. The summed E-state index contributed by atoms with van der Waals surface area (Å²) in [5, 5.41) is 8.15. The van der Waals surface area contributed by atoms with Gasteiger partial charge in [-0.15, -0.1) is 16.7 Å². The fraction of sp³-hybridized carbons (Fsp3) is 0.833. The van der Waals surface area contributed by atoms with E-state index in [-0.39, 0.29) is 0 Å². The number of aryl methyl sites for hydroxylation is 1. The first-order valence-corrected chi connectivity index (χ1v) is 6.89. The predicted molar refractivity (Wildman–Crippen MR) is 68.5 cm³/mol. The third kappa shape index (κ3) is 3.60. The average Bonchev–Trinajstić information content (AvgIpc) is 3.00. The molecular weight excluding hydrogens is 238 g/mol. The Morgan fingerprint density at radius 3 is 2.76 bits per heavy atom. The van der Waals surface area contributed by atoms with Gasteiger partial charge in [0.1, 0.15) is 0 Å². The summed E-state index contributed by atoms with van der Waals surface area (Å²) in [6.45, 7) is 5.47. The van der Waals surface area contributed by atoms with Crippen LogP contribution < -0.4 is 4.90 Å². The Bertz CT molecular complexity index is 349. The lowest BCUT2D eigenvalue weighted by atomic mass is 10.1. The van der Waals surface area contributed by atoms with Crippen molar-refractivity contribution in [1.29, 1.82) is 0 Å². The fourth-order valence-electron chi connectivity index (χ4n) is 1.76. The van der Waals surface area contributed by atoms with Crippen LogP contribution in [-0.2, 0) is 6.42 Å². The van der Waals surface area contributed by atoms with Crippen molar-refractivity contribution < 1.29 is 4.42 Å². The number of halogens is 1. The number of alkyl halides is 1. The minimum Gasteiger partial charge on any atom is -0.408 e. The Hall–Kier alpha value is -0.770. The molecule has 1 fully saturated rings. The monoisotopic (exact) mass is 257 g/mol. The second-order valence-corrected chi connectivity index (χ2v) is 5.40. The molecule has 0 unspecified atom stereocenters. The van der Waals surface area contributed by atoms with Gasteiger partial charge in [0.2, 0.25) is 5.89 Å². The number of rotatable bonds is 7. The first kappa shape index (κ1) is 12.7. The van der Waals surface area contributed by atoms with Crippen molar-refractivity contribution >= 4 is 17.6 Å². The fourth-order valence-corrected chi connectivity index (χ4v) is 1.92. The molecule has 4 nitrogen and oxygen atoms in total. The van der Waals surface area contributed by atoms with Gasteiger partial charge in [-0.2, -0.15) is 0 Å². The lowest BCUT2D eigenvalue weighted by molar-refractivity contribution is 0.474. The summed E-state index contributed by atoms with van der Waals surface area (Å²) >= 11 is 5.66. The molecule has 0 N–H and O–H groups in total. The highest BCUT2D eigenvalue weighted by Gasteiger charge is 2.32. The molecule has 0 bridgehead atoms. The van der Waals surface area contributed by atoms with Gasteiger partial charge in [0.15, 0.2) is 0 Å². The van der Waals surface area contributed by atoms with Crippen LogP contribution in [0.25, 0.3) is 0 Å². The second-order valence-electron chi connectivity index (χ2n) is 5.02. The quantitative estimate of drug-likeness (QED) is 0.705. The van der Waals surface area contributed by atoms with Gasteiger partial charge in [-0.25, -0.2) is 0 Å². The lowest BCUT2D eigenvalue weighted by Gasteiger charge is -2.20. The van der Waals surface area contributed by atoms with Crippen molar-refractivity contribution in [2.75, 3.05) is 17.3 Å². The highest BCUT2D eigenvalue weighted by molar-refractivity contribution is 6.17. The smallest absolute Gasteiger partial charge is 0.318 e. The molecule has 17 heavy (non-hydrogen) atoms. The van der Waals surface area contributed by atoms with Gasteiger partial charge < -0.3 is 9.32 Å². The van der Waals surface area contributed by atoms with Crippen LogP contribution in [0.1, 0.15) is 39.0 Å². The minimum absolute atomic E-state index is 0.525. The van der Waals surface area contributed by atoms with Crippen molar-refractivity contribution in [2.24, 2.45) is 5.92 Å². The molecule has 1 saturated carbocycles. The predicted octanol–water partition coefficient (Wildman–Crippen LogP) is 2.87. The summed E-state index contributed by atoms with van der Waals surface area (Å²) in [7, 11) is 0. The van der Waals surface area contributed by atoms with Crippen LogP contribution >= 0.6 is 11.6 Å². The van der Waals surface area contributed by atoms with Gasteiger partial charge in [-0.1, -0.05) is 18.9 Å². The molecule has 0 saturated heterocycles. The number of nitrogens with zero attached hydrogens (tertiary/aromatic N) is 3. The summed E-state index contributed by atoms with van der Waals surface area (Å²) in [4.78, 5) is 2.25. The lowest BCUT2D eigenvalue weighted by Crippen LogP contribution is -2.28. The van der Waals surface area contributed by atoms with Crippen LogP contribution in [0.5, 0.6) is 0 Å². The van der Waals surface area contributed by atoms with E-state index in [0.717, 1.165) is 13.0 Å². The minimum atomic E-state index is 0.525. The van der Waals surface area contributed by atoms with Gasteiger partial charge in [-0.3, -0.25) is 0 Å². The molecule has 1 heterocycles. The van der Waals surface area contributed by atoms with Crippen LogP contribution in [0, 0.1) is 5.92 Å². The maximum absolute atomic E-state index is 5.66. The van der Waals surface area contributed by atoms with Crippen LogP contribution in [-0.4, -0.2) is 28.7 Å². The van der Waals surface area contributed by atoms with Crippen molar-refractivity contribution in [3.05, 3.63) is 5.89 Å². The van der Waals surface area contributed by atoms with E-state index in [1.807, 2.05) is 0 Å². The third-order valence-corrected chi connectivity index (χ3v) is 3.13. The van der Waals surface area contributed by atoms with Crippen LogP contribution in [0.2, 0.25) is 0 Å². The Morgan fingerprint density at radius 1 is 1.41 bits per heavy atom. The molecule has 1 aliphatic rings. The summed E-state index contributed by atoms with van der Waals surface area (Å²) in [5.74, 6) is 1.86. The summed E-state index contributed by atoms with van der Waals surface area (Å²) in [5.41, 5.74) is 0. The van der Waals surface area contributed by atoms with Crippen molar-refractivity contribution in [2.45, 2.75) is 45.6 Å². The highest BCUT2D eigenvalue weighted by atomic mass is 35.5. The van der Waals surface area contributed by atoms with E-state index in [1.54, 1.807) is 0 Å². The van der Waals surface area contributed by atoms with Crippen LogP contribution in [0.15, 0.2) is 4.42 Å². The van der Waals surface area contributed by atoms with Crippen molar-refractivity contribution in [1.82, 2.24) is 10.2 Å². The van der Waals surface area contributed by atoms with Gasteiger partial charge in [0, 0.05) is 24.9 Å². The van der Waals surface area contributed by atoms with Crippen molar-refractivity contribution in [3.8, 4) is 0 Å². The Labute approximate surface area is 107 Å². The molecule has 1 aromatic rings. The molecule has 0 aliphatic heterocycles. The van der Waals surface area contributed by atoms with Gasteiger partial charge in [0.05, 0.1) is 0 Å². The van der Waals surface area contributed by atoms with E-state index in [0.29, 0.717) is 36.2 Å². The maximum atomic E-state index is 5.66. The van der Waals surface area contributed by atoms with Crippen LogP contribution in [0.4, 0.5) is 6.01 Å². The van der Waals surface area contributed by atoms with E-state index in [2.05, 4.69) is 28.9 Å². The molecule has 0 spiro atoms. The number of hydrogen-bond donors (Lipinski definition) is 0. The van der Waals surface area contributed by atoms with Crippen LogP contribution in [0.3, 0.4) is 0 Å². The van der Waals surface area contributed by atoms with Gasteiger partial charge in [-0.05, 0) is 25.2 Å². The standard InChI is InChI=1S/C12H20ClN3O/c1-9(2)6-8-16(10-3-4-10)12-15-14-11(17-12)5-7-13/h9-10H,3-8H2,1-2H3. The average molecular weight is 258 g/mol. The second kappa shape index (κ2) is 5.71. The Morgan fingerprint density at radius 2 is 2.18 bits per heavy atom. The van der Waals surface area contributed by atoms with E-state index >= 15 is 0 Å². The Balaban J connectivity index is 1.98. The zero-order valence-corrected chi connectivity index (χ0v) is 11.3. The molecule has 0 amide bonds. The highest BCUT2D eigenvalue weighted by Crippen LogP contribution is 2.31. The number of aromatic nitrogens is 2. The molecule has 1 aromatic heterocycles. The number of hydrogen-bond acceptors (Lipinski definition) is 4.